The molecule has 13 heavy (non-hydrogen) atoms. The first kappa shape index (κ1) is 9.62. The third kappa shape index (κ3) is 1.80. The number of nitrogens with one attached hydrogen (secondary N) is 1. The Bertz CT molecular complexity index is 450. The predicted molar refractivity (Wildman–Crippen MR) is 65.5 cm³/mol. The number of aromatic amines is 1. The highest BCUT2D eigenvalue weighted by Crippen LogP contribution is 2.31. The molecule has 2 aromatic rings. The Morgan fingerprint density at radius 3 is 2.69 bits per heavy atom. The molecule has 0 spiro atoms. The summed E-state index contributed by atoms with van der Waals surface area (Å²) in [7, 11) is 0. The molecule has 1 aromatic heterocycles. The van der Waals surface area contributed by atoms with Gasteiger partial charge in [0.15, 0.2) is 0 Å². The molecule has 0 aliphatic carbocycles. The monoisotopic (exact) mass is 319 g/mol. The molecular formula is C9H7Br2NS. The van der Waals surface area contributed by atoms with E-state index in [4.69, 9.17) is 0 Å². The fourth-order valence-corrected chi connectivity index (χ4v) is 3.03. The quantitative estimate of drug-likeness (QED) is 0.769. The van der Waals surface area contributed by atoms with E-state index >= 15 is 0 Å². The Kier molecular flexibility index (Phi) is 2.72. The van der Waals surface area contributed by atoms with Crippen molar-refractivity contribution >= 4 is 54.5 Å². The topological polar surface area (TPSA) is 15.8 Å². The van der Waals surface area contributed by atoms with Gasteiger partial charge in [0.2, 0.25) is 0 Å². The molecule has 0 aliphatic heterocycles. The van der Waals surface area contributed by atoms with Crippen LogP contribution in [-0.4, -0.2) is 11.2 Å². The normalized spacial score (nSPS) is 11.0. The highest BCUT2D eigenvalue weighted by Gasteiger charge is 2.04. The molecule has 1 heterocycles. The Hall–Kier alpha value is 0.0700. The van der Waals surface area contributed by atoms with Crippen LogP contribution in [-0.2, 0) is 0 Å². The largest absolute Gasteiger partial charge is 0.350 e. The fraction of sp³-hybridized carbons (Fsp3) is 0.111. The zero-order chi connectivity index (χ0) is 9.42. The van der Waals surface area contributed by atoms with Crippen LogP contribution in [0.2, 0.25) is 0 Å². The Morgan fingerprint density at radius 1 is 1.23 bits per heavy atom. The van der Waals surface area contributed by atoms with E-state index in [2.05, 4.69) is 61.3 Å². The maximum Gasteiger partial charge on any atom is 0.0730 e. The number of H-pyrrole nitrogens is 1. The SMILES string of the molecule is CSc1cc2c(Br)cc(Br)cc2[nH]1. The maximum atomic E-state index is 3.53. The van der Waals surface area contributed by atoms with E-state index in [1.54, 1.807) is 11.8 Å². The lowest BCUT2D eigenvalue weighted by molar-refractivity contribution is 1.24. The highest BCUT2D eigenvalue weighted by atomic mass is 79.9. The van der Waals surface area contributed by atoms with Crippen LogP contribution in [0, 0.1) is 0 Å². The zero-order valence-electron chi connectivity index (χ0n) is 6.90. The van der Waals surface area contributed by atoms with Crippen molar-refractivity contribution < 1.29 is 0 Å². The van der Waals surface area contributed by atoms with Gasteiger partial charge >= 0.3 is 0 Å². The summed E-state index contributed by atoms with van der Waals surface area (Å²) >= 11 is 8.71. The van der Waals surface area contributed by atoms with Crippen molar-refractivity contribution in [3.63, 3.8) is 0 Å². The van der Waals surface area contributed by atoms with Crippen molar-refractivity contribution in [3.05, 3.63) is 27.1 Å². The molecule has 1 nitrogen and oxygen atoms in total. The van der Waals surface area contributed by atoms with Gasteiger partial charge in [0.25, 0.3) is 0 Å². The summed E-state index contributed by atoms with van der Waals surface area (Å²) in [5, 5.41) is 2.42. The first-order valence-corrected chi connectivity index (χ1v) is 6.53. The average molecular weight is 321 g/mol. The number of fused-ring (bicyclic) bond motifs is 1. The third-order valence-corrected chi connectivity index (χ3v) is 3.62. The van der Waals surface area contributed by atoms with Crippen molar-refractivity contribution in [2.45, 2.75) is 5.03 Å². The van der Waals surface area contributed by atoms with Crippen LogP contribution in [0.15, 0.2) is 32.2 Å². The zero-order valence-corrected chi connectivity index (χ0v) is 10.9. The Balaban J connectivity index is 2.75. The van der Waals surface area contributed by atoms with E-state index in [1.165, 1.54) is 10.4 Å². The van der Waals surface area contributed by atoms with E-state index in [-0.39, 0.29) is 0 Å². The first-order valence-electron chi connectivity index (χ1n) is 3.72. The van der Waals surface area contributed by atoms with E-state index in [0.29, 0.717) is 0 Å². The molecule has 2 rings (SSSR count). The van der Waals surface area contributed by atoms with Crippen LogP contribution in [0.1, 0.15) is 0 Å². The fourth-order valence-electron chi connectivity index (χ4n) is 1.24. The van der Waals surface area contributed by atoms with Crippen LogP contribution in [0.5, 0.6) is 0 Å². The van der Waals surface area contributed by atoms with Crippen molar-refractivity contribution in [1.29, 1.82) is 0 Å². The van der Waals surface area contributed by atoms with Gasteiger partial charge in [0.05, 0.1) is 5.03 Å². The van der Waals surface area contributed by atoms with Gasteiger partial charge in [0.1, 0.15) is 0 Å². The average Bonchev–Trinajstić information content (AvgIpc) is 2.47. The van der Waals surface area contributed by atoms with Crippen LogP contribution in [0.4, 0.5) is 0 Å². The molecule has 0 atom stereocenters. The number of thioether (sulfide) groups is 1. The van der Waals surface area contributed by atoms with Gasteiger partial charge in [-0.2, -0.15) is 0 Å². The minimum atomic E-state index is 1.08. The molecule has 0 amide bonds. The summed E-state index contributed by atoms with van der Waals surface area (Å²) in [6.07, 6.45) is 2.06. The van der Waals surface area contributed by atoms with Gasteiger partial charge in [-0.15, -0.1) is 11.8 Å². The lowest BCUT2D eigenvalue weighted by Gasteiger charge is -1.94. The summed E-state index contributed by atoms with van der Waals surface area (Å²) in [6, 6.07) is 6.29. The molecule has 1 aromatic carbocycles. The molecule has 0 aliphatic rings. The summed E-state index contributed by atoms with van der Waals surface area (Å²) in [5.74, 6) is 0. The molecule has 0 bridgehead atoms. The smallest absolute Gasteiger partial charge is 0.0730 e. The Labute approximate surface area is 97.5 Å². The van der Waals surface area contributed by atoms with Crippen LogP contribution >= 0.6 is 43.6 Å². The molecule has 1 N–H and O–H groups in total. The third-order valence-electron chi connectivity index (χ3n) is 1.85. The van der Waals surface area contributed by atoms with Crippen LogP contribution in [0.25, 0.3) is 10.9 Å². The van der Waals surface area contributed by atoms with Crippen LogP contribution in [0.3, 0.4) is 0 Å². The molecule has 4 heteroatoms. The van der Waals surface area contributed by atoms with Gasteiger partial charge < -0.3 is 4.98 Å². The van der Waals surface area contributed by atoms with Gasteiger partial charge in [-0.25, -0.2) is 0 Å². The lowest BCUT2D eigenvalue weighted by Crippen LogP contribution is -1.71. The molecule has 0 unspecified atom stereocenters. The number of halogens is 2. The summed E-state index contributed by atoms with van der Waals surface area (Å²) < 4.78 is 2.20. The van der Waals surface area contributed by atoms with Crippen molar-refractivity contribution in [3.8, 4) is 0 Å². The van der Waals surface area contributed by atoms with Crippen molar-refractivity contribution in [2.24, 2.45) is 0 Å². The summed E-state index contributed by atoms with van der Waals surface area (Å²) in [5.41, 5.74) is 1.16. The molecule has 0 fully saturated rings. The van der Waals surface area contributed by atoms with E-state index in [0.717, 1.165) is 14.5 Å². The second-order valence-corrected chi connectivity index (χ2v) is 5.30. The number of hydrogen-bond donors (Lipinski definition) is 1. The second-order valence-electron chi connectivity index (χ2n) is 2.69. The van der Waals surface area contributed by atoms with Gasteiger partial charge in [-0.3, -0.25) is 0 Å². The van der Waals surface area contributed by atoms with E-state index in [1.807, 2.05) is 0 Å². The second kappa shape index (κ2) is 3.67. The number of aromatic nitrogens is 1. The van der Waals surface area contributed by atoms with Gasteiger partial charge in [-0.05, 0) is 24.5 Å². The van der Waals surface area contributed by atoms with Crippen molar-refractivity contribution in [1.82, 2.24) is 4.98 Å². The molecule has 0 saturated carbocycles. The van der Waals surface area contributed by atoms with Crippen LogP contribution < -0.4 is 0 Å². The van der Waals surface area contributed by atoms with E-state index < -0.39 is 0 Å². The summed E-state index contributed by atoms with van der Waals surface area (Å²) in [6.45, 7) is 0. The van der Waals surface area contributed by atoms with Gasteiger partial charge in [-0.1, -0.05) is 31.9 Å². The van der Waals surface area contributed by atoms with E-state index in [9.17, 15) is 0 Å². The minimum absolute atomic E-state index is 1.08. The molecule has 0 radical (unpaired) electrons. The number of benzene rings is 1. The summed E-state index contributed by atoms with van der Waals surface area (Å²) in [4.78, 5) is 3.33. The number of rotatable bonds is 1. The van der Waals surface area contributed by atoms with Crippen molar-refractivity contribution in [2.75, 3.05) is 6.26 Å². The Morgan fingerprint density at radius 2 is 2.00 bits per heavy atom. The predicted octanol–water partition coefficient (Wildman–Crippen LogP) is 4.41. The number of hydrogen-bond acceptors (Lipinski definition) is 1. The minimum Gasteiger partial charge on any atom is -0.350 e. The molecule has 68 valence electrons. The molecular weight excluding hydrogens is 314 g/mol. The van der Waals surface area contributed by atoms with Gasteiger partial charge in [0, 0.05) is 19.8 Å². The lowest BCUT2D eigenvalue weighted by atomic mass is 10.2. The first-order chi connectivity index (χ1) is 6.20. The molecule has 0 saturated heterocycles. The highest BCUT2D eigenvalue weighted by molar-refractivity contribution is 9.11. The standard InChI is InChI=1S/C9H7Br2NS/c1-13-9-4-6-7(11)2-5(10)3-8(6)12-9/h2-4,12H,1H3. The maximum absolute atomic E-state index is 3.53.